The first kappa shape index (κ1) is 16.2. The fraction of sp³-hybridized carbons (Fsp3) is 0.667. The monoisotopic (exact) mass is 262 g/mol. The Morgan fingerprint density at radius 2 is 1.58 bits per heavy atom. The summed E-state index contributed by atoms with van der Waals surface area (Å²) in [6.45, 7) is 4.69. The third-order valence-corrected chi connectivity index (χ3v) is 3.87. The predicted octanol–water partition coefficient (Wildman–Crippen LogP) is 4.90. The molecule has 0 radical (unpaired) electrons. The molecule has 1 rings (SSSR count). The number of aryl methyl sites for hydroxylation is 1. The van der Waals surface area contributed by atoms with Crippen molar-refractivity contribution in [3.63, 3.8) is 0 Å². The lowest BCUT2D eigenvalue weighted by Crippen LogP contribution is -2.09. The van der Waals surface area contributed by atoms with Crippen molar-refractivity contribution in [1.82, 2.24) is 0 Å². The van der Waals surface area contributed by atoms with Crippen LogP contribution in [0, 0.1) is 12.8 Å². The van der Waals surface area contributed by atoms with Crippen LogP contribution in [0.5, 0.6) is 0 Å². The minimum Gasteiger partial charge on any atom is -0.396 e. The summed E-state index contributed by atoms with van der Waals surface area (Å²) in [5.74, 6) is 0.439. The van der Waals surface area contributed by atoms with E-state index in [2.05, 4.69) is 38.1 Å². The normalized spacial score (nSPS) is 12.6. The van der Waals surface area contributed by atoms with Gasteiger partial charge in [0.15, 0.2) is 0 Å². The summed E-state index contributed by atoms with van der Waals surface area (Å²) in [5.41, 5.74) is 2.66. The summed E-state index contributed by atoms with van der Waals surface area (Å²) in [6.07, 6.45) is 10.2. The van der Waals surface area contributed by atoms with E-state index in [0.29, 0.717) is 12.5 Å². The number of hydrogen-bond donors (Lipinski definition) is 1. The van der Waals surface area contributed by atoms with E-state index in [9.17, 15) is 5.11 Å². The highest BCUT2D eigenvalue weighted by atomic mass is 16.3. The van der Waals surface area contributed by atoms with Crippen LogP contribution in [0.15, 0.2) is 24.3 Å². The van der Waals surface area contributed by atoms with Crippen LogP contribution in [0.25, 0.3) is 0 Å². The number of aliphatic hydroxyl groups excluding tert-OH is 1. The van der Waals surface area contributed by atoms with Gasteiger partial charge in [-0.15, -0.1) is 0 Å². The quantitative estimate of drug-likeness (QED) is 0.595. The molecule has 0 fully saturated rings. The first-order valence-corrected chi connectivity index (χ1v) is 7.92. The largest absolute Gasteiger partial charge is 0.396 e. The molecule has 1 N–H and O–H groups in total. The van der Waals surface area contributed by atoms with Gasteiger partial charge >= 0.3 is 0 Å². The molecule has 1 atom stereocenters. The second kappa shape index (κ2) is 10.0. The van der Waals surface area contributed by atoms with E-state index in [0.717, 1.165) is 12.8 Å². The zero-order valence-corrected chi connectivity index (χ0v) is 12.7. The van der Waals surface area contributed by atoms with Crippen LogP contribution in [0.4, 0.5) is 0 Å². The average molecular weight is 262 g/mol. The Kier molecular flexibility index (Phi) is 8.57. The summed E-state index contributed by atoms with van der Waals surface area (Å²) >= 11 is 0. The van der Waals surface area contributed by atoms with Crippen LogP contribution in [0.2, 0.25) is 0 Å². The lowest BCUT2D eigenvalue weighted by molar-refractivity contribution is 0.214. The third-order valence-electron chi connectivity index (χ3n) is 3.87. The van der Waals surface area contributed by atoms with Gasteiger partial charge < -0.3 is 5.11 Å². The first-order chi connectivity index (χ1) is 9.26. The van der Waals surface area contributed by atoms with Crippen LogP contribution >= 0.6 is 0 Å². The molecule has 1 aromatic rings. The Hall–Kier alpha value is -0.820. The van der Waals surface area contributed by atoms with Crippen LogP contribution in [0.1, 0.15) is 63.0 Å². The van der Waals surface area contributed by atoms with Crippen molar-refractivity contribution in [3.05, 3.63) is 35.4 Å². The average Bonchev–Trinajstić information content (AvgIpc) is 2.43. The number of benzene rings is 1. The summed E-state index contributed by atoms with van der Waals surface area (Å²) in [6, 6.07) is 8.71. The van der Waals surface area contributed by atoms with E-state index in [1.807, 2.05) is 0 Å². The Balaban J connectivity index is 2.20. The van der Waals surface area contributed by atoms with E-state index in [-0.39, 0.29) is 0 Å². The molecule has 0 bridgehead atoms. The van der Waals surface area contributed by atoms with E-state index in [1.165, 1.54) is 49.7 Å². The molecule has 0 aromatic heterocycles. The minimum atomic E-state index is 0.322. The predicted molar refractivity (Wildman–Crippen MR) is 83.5 cm³/mol. The minimum absolute atomic E-state index is 0.322. The molecule has 0 aliphatic heterocycles. The van der Waals surface area contributed by atoms with E-state index in [4.69, 9.17) is 0 Å². The van der Waals surface area contributed by atoms with Crippen molar-refractivity contribution >= 4 is 0 Å². The highest BCUT2D eigenvalue weighted by Gasteiger charge is 2.08. The summed E-state index contributed by atoms with van der Waals surface area (Å²) in [7, 11) is 0. The number of unbranched alkanes of at least 4 members (excludes halogenated alkanes) is 5. The standard InChI is InChI=1S/C18H30O/c1-3-4-5-6-7-8-9-18(15-19)14-17-12-10-16(2)11-13-17/h10-13,18-19H,3-9,14-15H2,1-2H3. The Morgan fingerprint density at radius 3 is 2.21 bits per heavy atom. The summed E-state index contributed by atoms with van der Waals surface area (Å²) in [5, 5.41) is 9.48. The number of rotatable bonds is 10. The zero-order chi connectivity index (χ0) is 13.9. The molecule has 108 valence electrons. The van der Waals surface area contributed by atoms with Gasteiger partial charge in [-0.2, -0.15) is 0 Å². The van der Waals surface area contributed by atoms with E-state index >= 15 is 0 Å². The molecule has 1 heteroatoms. The van der Waals surface area contributed by atoms with Gasteiger partial charge in [0.05, 0.1) is 0 Å². The van der Waals surface area contributed by atoms with Gasteiger partial charge in [-0.1, -0.05) is 75.3 Å². The third kappa shape index (κ3) is 7.37. The zero-order valence-electron chi connectivity index (χ0n) is 12.7. The van der Waals surface area contributed by atoms with Crippen molar-refractivity contribution in [2.24, 2.45) is 5.92 Å². The van der Waals surface area contributed by atoms with Gasteiger partial charge in [0.25, 0.3) is 0 Å². The SMILES string of the molecule is CCCCCCCCC(CO)Cc1ccc(C)cc1. The molecule has 0 aliphatic carbocycles. The van der Waals surface area contributed by atoms with Gasteiger partial charge in [0.2, 0.25) is 0 Å². The van der Waals surface area contributed by atoms with E-state index < -0.39 is 0 Å². The number of aliphatic hydroxyl groups is 1. The Bertz CT molecular complexity index is 315. The molecular formula is C18H30O. The van der Waals surface area contributed by atoms with E-state index in [1.54, 1.807) is 0 Å². The molecule has 0 spiro atoms. The first-order valence-electron chi connectivity index (χ1n) is 7.92. The fourth-order valence-corrected chi connectivity index (χ4v) is 2.53. The van der Waals surface area contributed by atoms with Gasteiger partial charge in [-0.3, -0.25) is 0 Å². The van der Waals surface area contributed by atoms with Gasteiger partial charge in [0.1, 0.15) is 0 Å². The van der Waals surface area contributed by atoms with Crippen molar-refractivity contribution in [3.8, 4) is 0 Å². The maximum Gasteiger partial charge on any atom is 0.0462 e. The van der Waals surface area contributed by atoms with Crippen LogP contribution in [-0.4, -0.2) is 11.7 Å². The second-order valence-corrected chi connectivity index (χ2v) is 5.79. The maximum absolute atomic E-state index is 9.48. The molecule has 0 heterocycles. The molecule has 19 heavy (non-hydrogen) atoms. The highest BCUT2D eigenvalue weighted by molar-refractivity contribution is 5.21. The Labute approximate surface area is 119 Å². The van der Waals surface area contributed by atoms with Crippen LogP contribution in [-0.2, 0) is 6.42 Å². The van der Waals surface area contributed by atoms with Gasteiger partial charge in [0, 0.05) is 6.61 Å². The van der Waals surface area contributed by atoms with Gasteiger partial charge in [-0.25, -0.2) is 0 Å². The van der Waals surface area contributed by atoms with Crippen molar-refractivity contribution < 1.29 is 5.11 Å². The van der Waals surface area contributed by atoms with Crippen molar-refractivity contribution in [2.75, 3.05) is 6.61 Å². The Morgan fingerprint density at radius 1 is 0.947 bits per heavy atom. The van der Waals surface area contributed by atoms with Crippen LogP contribution < -0.4 is 0 Å². The molecule has 0 saturated carbocycles. The highest BCUT2D eigenvalue weighted by Crippen LogP contribution is 2.17. The molecule has 1 unspecified atom stereocenters. The smallest absolute Gasteiger partial charge is 0.0462 e. The van der Waals surface area contributed by atoms with Crippen molar-refractivity contribution in [1.29, 1.82) is 0 Å². The lowest BCUT2D eigenvalue weighted by Gasteiger charge is -2.14. The molecule has 1 aromatic carbocycles. The maximum atomic E-state index is 9.48. The lowest BCUT2D eigenvalue weighted by atomic mass is 9.94. The summed E-state index contributed by atoms with van der Waals surface area (Å²) < 4.78 is 0. The molecule has 0 amide bonds. The molecule has 0 saturated heterocycles. The van der Waals surface area contributed by atoms with Crippen molar-refractivity contribution in [2.45, 2.75) is 65.2 Å². The van der Waals surface area contributed by atoms with Gasteiger partial charge in [-0.05, 0) is 31.2 Å². The molecule has 1 nitrogen and oxygen atoms in total. The van der Waals surface area contributed by atoms with Crippen LogP contribution in [0.3, 0.4) is 0 Å². The number of hydrogen-bond acceptors (Lipinski definition) is 1. The topological polar surface area (TPSA) is 20.2 Å². The fourth-order valence-electron chi connectivity index (χ4n) is 2.53. The molecule has 0 aliphatic rings. The second-order valence-electron chi connectivity index (χ2n) is 5.79. The summed E-state index contributed by atoms with van der Waals surface area (Å²) in [4.78, 5) is 0. The molecular weight excluding hydrogens is 232 g/mol.